The molecular formula is C17H18N2O5S. The lowest BCUT2D eigenvalue weighted by molar-refractivity contribution is -0.123. The summed E-state index contributed by atoms with van der Waals surface area (Å²) in [4.78, 5) is 24.7. The van der Waals surface area contributed by atoms with Gasteiger partial charge >= 0.3 is 0 Å². The number of carbonyl (C=O) groups is 2. The molecule has 1 saturated heterocycles. The number of nitrogens with one attached hydrogen (secondary N) is 1. The monoisotopic (exact) mass is 362 g/mol. The Morgan fingerprint density at radius 3 is 2.64 bits per heavy atom. The second-order valence-corrected chi connectivity index (χ2v) is 8.34. The van der Waals surface area contributed by atoms with Crippen molar-refractivity contribution in [1.29, 1.82) is 0 Å². The van der Waals surface area contributed by atoms with Crippen LogP contribution < -0.4 is 9.62 Å². The summed E-state index contributed by atoms with van der Waals surface area (Å²) in [7, 11) is -3.75. The highest BCUT2D eigenvalue weighted by molar-refractivity contribution is 7.94. The lowest BCUT2D eigenvalue weighted by Crippen LogP contribution is -2.33. The second kappa shape index (κ2) is 6.03. The number of amides is 2. The minimum absolute atomic E-state index is 0.168. The van der Waals surface area contributed by atoms with Crippen LogP contribution in [0.4, 0.5) is 5.69 Å². The van der Waals surface area contributed by atoms with Crippen molar-refractivity contribution in [3.05, 3.63) is 54.0 Å². The highest BCUT2D eigenvalue weighted by atomic mass is 32.2. The van der Waals surface area contributed by atoms with Crippen molar-refractivity contribution in [2.45, 2.75) is 20.4 Å². The third kappa shape index (κ3) is 3.30. The first kappa shape index (κ1) is 17.2. The molecule has 7 nitrogen and oxygen atoms in total. The Labute approximate surface area is 145 Å². The maximum absolute atomic E-state index is 12.4. The molecule has 0 aliphatic carbocycles. The number of sulfonamides is 1. The molecule has 2 aromatic rings. The molecule has 132 valence electrons. The maximum Gasteiger partial charge on any atom is 0.251 e. The van der Waals surface area contributed by atoms with E-state index in [1.807, 2.05) is 0 Å². The molecule has 0 radical (unpaired) electrons. The average molecular weight is 362 g/mol. The quantitative estimate of drug-likeness (QED) is 0.896. The van der Waals surface area contributed by atoms with Gasteiger partial charge in [0.15, 0.2) is 0 Å². The molecule has 0 unspecified atom stereocenters. The molecule has 0 atom stereocenters. The van der Waals surface area contributed by atoms with Crippen molar-refractivity contribution in [3.63, 3.8) is 0 Å². The number of carbonyl (C=O) groups excluding carboxylic acids is 2. The number of hydrogen-bond acceptors (Lipinski definition) is 5. The van der Waals surface area contributed by atoms with Crippen LogP contribution in [0.25, 0.3) is 0 Å². The van der Waals surface area contributed by atoms with Crippen LogP contribution in [0.2, 0.25) is 0 Å². The summed E-state index contributed by atoms with van der Waals surface area (Å²) in [6.45, 7) is 3.39. The van der Waals surface area contributed by atoms with Crippen LogP contribution in [0.5, 0.6) is 0 Å². The largest absolute Gasteiger partial charge is 0.467 e. The number of benzene rings is 1. The predicted molar refractivity (Wildman–Crippen MR) is 91.4 cm³/mol. The average Bonchev–Trinajstić information content (AvgIpc) is 3.10. The number of anilines is 1. The number of rotatable bonds is 4. The smallest absolute Gasteiger partial charge is 0.251 e. The first-order valence-corrected chi connectivity index (χ1v) is 9.30. The van der Waals surface area contributed by atoms with E-state index in [0.29, 0.717) is 5.76 Å². The molecule has 0 spiro atoms. The van der Waals surface area contributed by atoms with Crippen LogP contribution in [0.3, 0.4) is 0 Å². The maximum atomic E-state index is 12.4. The Morgan fingerprint density at radius 2 is 2.04 bits per heavy atom. The van der Waals surface area contributed by atoms with Gasteiger partial charge in [-0.1, -0.05) is 6.07 Å². The van der Waals surface area contributed by atoms with Crippen LogP contribution in [-0.2, 0) is 21.4 Å². The zero-order valence-corrected chi connectivity index (χ0v) is 14.7. The highest BCUT2D eigenvalue weighted by Gasteiger charge is 2.49. The van der Waals surface area contributed by atoms with E-state index >= 15 is 0 Å². The molecule has 1 aromatic heterocycles. The third-order valence-corrected chi connectivity index (χ3v) is 5.95. The summed E-state index contributed by atoms with van der Waals surface area (Å²) in [5.41, 5.74) is -0.561. The molecule has 1 fully saturated rings. The molecule has 8 heteroatoms. The van der Waals surface area contributed by atoms with Crippen molar-refractivity contribution < 1.29 is 22.4 Å². The van der Waals surface area contributed by atoms with Gasteiger partial charge in [-0.2, -0.15) is 0 Å². The molecule has 2 amide bonds. The van der Waals surface area contributed by atoms with E-state index in [9.17, 15) is 18.0 Å². The van der Waals surface area contributed by atoms with Crippen LogP contribution in [0, 0.1) is 5.41 Å². The second-order valence-electron chi connectivity index (χ2n) is 6.52. The Bertz CT molecular complexity index is 916. The van der Waals surface area contributed by atoms with Gasteiger partial charge < -0.3 is 9.73 Å². The molecule has 0 saturated carbocycles. The van der Waals surface area contributed by atoms with Crippen molar-refractivity contribution in [2.24, 2.45) is 5.41 Å². The molecule has 0 bridgehead atoms. The molecule has 2 heterocycles. The normalized spacial score (nSPS) is 18.3. The summed E-state index contributed by atoms with van der Waals surface area (Å²) in [6, 6.07) is 9.45. The Balaban J connectivity index is 1.84. The van der Waals surface area contributed by atoms with Gasteiger partial charge in [0.1, 0.15) is 5.76 Å². The summed E-state index contributed by atoms with van der Waals surface area (Å²) < 4.78 is 30.6. The van der Waals surface area contributed by atoms with Gasteiger partial charge in [0, 0.05) is 5.56 Å². The van der Waals surface area contributed by atoms with Crippen molar-refractivity contribution in [1.82, 2.24) is 5.32 Å². The zero-order chi connectivity index (χ0) is 18.2. The van der Waals surface area contributed by atoms with E-state index in [0.717, 1.165) is 4.31 Å². The zero-order valence-electron chi connectivity index (χ0n) is 13.9. The van der Waals surface area contributed by atoms with Gasteiger partial charge in [0.2, 0.25) is 15.9 Å². The lowest BCUT2D eigenvalue weighted by Gasteiger charge is -2.18. The van der Waals surface area contributed by atoms with Gasteiger partial charge in [-0.3, -0.25) is 9.59 Å². The minimum atomic E-state index is -3.75. The predicted octanol–water partition coefficient (Wildman–Crippen LogP) is 1.91. The van der Waals surface area contributed by atoms with Gasteiger partial charge in [-0.25, -0.2) is 12.7 Å². The van der Waals surface area contributed by atoms with Crippen LogP contribution in [0.1, 0.15) is 30.0 Å². The Hall–Kier alpha value is -2.61. The summed E-state index contributed by atoms with van der Waals surface area (Å²) in [6.07, 6.45) is 1.51. The van der Waals surface area contributed by atoms with Gasteiger partial charge in [0.25, 0.3) is 5.91 Å². The van der Waals surface area contributed by atoms with E-state index in [1.165, 1.54) is 18.4 Å². The van der Waals surface area contributed by atoms with E-state index in [-0.39, 0.29) is 29.5 Å². The summed E-state index contributed by atoms with van der Waals surface area (Å²) in [5.74, 6) is -0.543. The first-order chi connectivity index (χ1) is 11.7. The number of hydrogen-bond donors (Lipinski definition) is 1. The lowest BCUT2D eigenvalue weighted by atomic mass is 9.95. The Kier molecular flexibility index (Phi) is 4.16. The van der Waals surface area contributed by atoms with E-state index in [2.05, 4.69) is 5.32 Å². The standard InChI is InChI=1S/C17H18N2O5S/c1-17(2)11-25(22,23)19(16(17)21)13-6-3-5-12(9-13)15(20)18-10-14-7-4-8-24-14/h3-9H,10-11H2,1-2H3,(H,18,20). The SMILES string of the molecule is CC1(C)CS(=O)(=O)N(c2cccc(C(=O)NCc3ccco3)c2)C1=O. The highest BCUT2D eigenvalue weighted by Crippen LogP contribution is 2.35. The summed E-state index contributed by atoms with van der Waals surface area (Å²) in [5, 5.41) is 2.68. The fourth-order valence-electron chi connectivity index (χ4n) is 2.72. The molecule has 25 heavy (non-hydrogen) atoms. The van der Waals surface area contributed by atoms with E-state index < -0.39 is 21.3 Å². The fourth-order valence-corrected chi connectivity index (χ4v) is 4.82. The molecular weight excluding hydrogens is 344 g/mol. The number of furan rings is 1. The minimum Gasteiger partial charge on any atom is -0.467 e. The topological polar surface area (TPSA) is 96.7 Å². The van der Waals surface area contributed by atoms with E-state index in [1.54, 1.807) is 38.1 Å². The molecule has 1 aromatic carbocycles. The van der Waals surface area contributed by atoms with Crippen LogP contribution >= 0.6 is 0 Å². The van der Waals surface area contributed by atoms with Gasteiger partial charge in [-0.15, -0.1) is 0 Å². The van der Waals surface area contributed by atoms with Crippen molar-refractivity contribution in [3.8, 4) is 0 Å². The first-order valence-electron chi connectivity index (χ1n) is 7.69. The molecule has 1 N–H and O–H groups in total. The van der Waals surface area contributed by atoms with Crippen LogP contribution in [-0.4, -0.2) is 26.0 Å². The third-order valence-electron chi connectivity index (χ3n) is 3.93. The van der Waals surface area contributed by atoms with Crippen molar-refractivity contribution in [2.75, 3.05) is 10.1 Å². The van der Waals surface area contributed by atoms with Crippen LogP contribution in [0.15, 0.2) is 47.1 Å². The molecule has 1 aliphatic rings. The fraction of sp³-hybridized carbons (Fsp3) is 0.294. The molecule has 1 aliphatic heterocycles. The van der Waals surface area contributed by atoms with E-state index in [4.69, 9.17) is 4.42 Å². The number of nitrogens with zero attached hydrogens (tertiary/aromatic N) is 1. The van der Waals surface area contributed by atoms with Gasteiger partial charge in [0.05, 0.1) is 29.7 Å². The summed E-state index contributed by atoms with van der Waals surface area (Å²) >= 11 is 0. The Morgan fingerprint density at radius 1 is 1.28 bits per heavy atom. The van der Waals surface area contributed by atoms with Gasteiger partial charge in [-0.05, 0) is 44.2 Å². The molecule has 3 rings (SSSR count). The van der Waals surface area contributed by atoms with Crippen molar-refractivity contribution >= 4 is 27.5 Å².